The molecule has 0 aliphatic rings. The Morgan fingerprint density at radius 2 is 2.05 bits per heavy atom. The van der Waals surface area contributed by atoms with E-state index in [-0.39, 0.29) is 10.6 Å². The van der Waals surface area contributed by atoms with Gasteiger partial charge < -0.3 is 0 Å². The second kappa shape index (κ2) is 5.13. The molecule has 102 valence electrons. The van der Waals surface area contributed by atoms with Gasteiger partial charge in [0.2, 0.25) is 0 Å². The first-order valence-electron chi connectivity index (χ1n) is 5.92. The smallest absolute Gasteiger partial charge is 0.184 e. The number of rotatable bonds is 4. The van der Waals surface area contributed by atoms with Crippen LogP contribution in [0.4, 0.5) is 4.39 Å². The van der Waals surface area contributed by atoms with Crippen molar-refractivity contribution in [2.45, 2.75) is 24.0 Å². The van der Waals surface area contributed by atoms with Crippen LogP contribution in [-0.4, -0.2) is 18.2 Å². The molecule has 1 heterocycles. The van der Waals surface area contributed by atoms with Gasteiger partial charge in [-0.2, -0.15) is 5.10 Å². The third-order valence-electron chi connectivity index (χ3n) is 2.88. The van der Waals surface area contributed by atoms with E-state index in [0.29, 0.717) is 5.69 Å². The van der Waals surface area contributed by atoms with E-state index in [9.17, 15) is 12.8 Å². The van der Waals surface area contributed by atoms with Gasteiger partial charge in [-0.05, 0) is 30.7 Å². The standard InChI is InChI=1S/C13H15FN2O2S/c1-3-11-8-12(16(2)15-11)9-19(17,18)13-6-4-5-10(14)7-13/h4-8H,3,9H2,1-2H3. The van der Waals surface area contributed by atoms with Crippen LogP contribution in [0.1, 0.15) is 18.3 Å². The Kier molecular flexibility index (Phi) is 3.71. The fraction of sp³-hybridized carbons (Fsp3) is 0.308. The van der Waals surface area contributed by atoms with Gasteiger partial charge in [0, 0.05) is 7.05 Å². The molecule has 0 unspecified atom stereocenters. The number of hydrogen-bond acceptors (Lipinski definition) is 3. The van der Waals surface area contributed by atoms with Gasteiger partial charge in [-0.25, -0.2) is 12.8 Å². The van der Waals surface area contributed by atoms with Crippen molar-refractivity contribution in [2.75, 3.05) is 0 Å². The normalized spacial score (nSPS) is 11.7. The van der Waals surface area contributed by atoms with E-state index in [4.69, 9.17) is 0 Å². The largest absolute Gasteiger partial charge is 0.271 e. The molecular formula is C13H15FN2O2S. The molecule has 19 heavy (non-hydrogen) atoms. The number of nitrogens with zero attached hydrogens (tertiary/aromatic N) is 2. The predicted octanol–water partition coefficient (Wildman–Crippen LogP) is 2.10. The molecule has 0 atom stereocenters. The summed E-state index contributed by atoms with van der Waals surface area (Å²) in [6.45, 7) is 1.95. The van der Waals surface area contributed by atoms with Gasteiger partial charge in [0.05, 0.1) is 22.0 Å². The molecule has 1 aromatic carbocycles. The Labute approximate surface area is 111 Å². The van der Waals surface area contributed by atoms with Crippen molar-refractivity contribution >= 4 is 9.84 Å². The monoisotopic (exact) mass is 282 g/mol. The summed E-state index contributed by atoms with van der Waals surface area (Å²) >= 11 is 0. The Hall–Kier alpha value is -1.69. The first-order chi connectivity index (χ1) is 8.92. The van der Waals surface area contributed by atoms with Crippen LogP contribution < -0.4 is 0 Å². The van der Waals surface area contributed by atoms with Crippen molar-refractivity contribution < 1.29 is 12.8 Å². The fourth-order valence-corrected chi connectivity index (χ4v) is 3.22. The number of aryl methyl sites for hydroxylation is 2. The third-order valence-corrected chi connectivity index (χ3v) is 4.53. The minimum atomic E-state index is -3.55. The first-order valence-corrected chi connectivity index (χ1v) is 7.57. The molecule has 0 N–H and O–H groups in total. The maximum absolute atomic E-state index is 13.1. The van der Waals surface area contributed by atoms with Gasteiger partial charge in [0.15, 0.2) is 9.84 Å². The lowest BCUT2D eigenvalue weighted by atomic mass is 10.3. The second-order valence-electron chi connectivity index (χ2n) is 4.32. The van der Waals surface area contributed by atoms with Crippen LogP contribution in [0.25, 0.3) is 0 Å². The highest BCUT2D eigenvalue weighted by Crippen LogP contribution is 2.17. The first kappa shape index (κ1) is 13.7. The van der Waals surface area contributed by atoms with E-state index in [0.717, 1.165) is 18.2 Å². The second-order valence-corrected chi connectivity index (χ2v) is 6.31. The SMILES string of the molecule is CCc1cc(CS(=O)(=O)c2cccc(F)c2)n(C)n1. The van der Waals surface area contributed by atoms with Crippen molar-refractivity contribution in [3.8, 4) is 0 Å². The molecule has 0 bridgehead atoms. The average Bonchev–Trinajstić information content (AvgIpc) is 2.70. The zero-order valence-electron chi connectivity index (χ0n) is 10.8. The maximum atomic E-state index is 13.1. The molecule has 2 rings (SSSR count). The molecule has 1 aromatic heterocycles. The molecule has 2 aromatic rings. The van der Waals surface area contributed by atoms with E-state index in [1.807, 2.05) is 6.92 Å². The summed E-state index contributed by atoms with van der Waals surface area (Å²) in [6, 6.07) is 6.81. The third kappa shape index (κ3) is 3.01. The topological polar surface area (TPSA) is 52.0 Å². The molecule has 0 spiro atoms. The van der Waals surface area contributed by atoms with Gasteiger partial charge in [-0.1, -0.05) is 13.0 Å². The Morgan fingerprint density at radius 1 is 1.32 bits per heavy atom. The van der Waals surface area contributed by atoms with Gasteiger partial charge in [-0.3, -0.25) is 4.68 Å². The van der Waals surface area contributed by atoms with E-state index in [2.05, 4.69) is 5.10 Å². The van der Waals surface area contributed by atoms with Crippen LogP contribution in [0.2, 0.25) is 0 Å². The lowest BCUT2D eigenvalue weighted by molar-refractivity contribution is 0.587. The lowest BCUT2D eigenvalue weighted by Crippen LogP contribution is -2.09. The molecule has 0 fully saturated rings. The molecule has 0 aliphatic carbocycles. The summed E-state index contributed by atoms with van der Waals surface area (Å²) in [4.78, 5) is -0.00764. The zero-order chi connectivity index (χ0) is 14.0. The van der Waals surface area contributed by atoms with Crippen LogP contribution in [0.15, 0.2) is 35.2 Å². The highest BCUT2D eigenvalue weighted by Gasteiger charge is 2.18. The van der Waals surface area contributed by atoms with E-state index in [1.54, 1.807) is 17.8 Å². The Balaban J connectivity index is 2.33. The summed E-state index contributed by atoms with van der Waals surface area (Å²) in [6.07, 6.45) is 0.744. The van der Waals surface area contributed by atoms with Gasteiger partial charge >= 0.3 is 0 Å². The van der Waals surface area contributed by atoms with Crippen LogP contribution in [0.5, 0.6) is 0 Å². The lowest BCUT2D eigenvalue weighted by Gasteiger charge is -2.04. The van der Waals surface area contributed by atoms with Crippen molar-refractivity contribution in [1.82, 2.24) is 9.78 Å². The number of aromatic nitrogens is 2. The zero-order valence-corrected chi connectivity index (χ0v) is 11.6. The molecule has 0 saturated carbocycles. The minimum absolute atomic E-state index is 0.00764. The highest BCUT2D eigenvalue weighted by molar-refractivity contribution is 7.90. The predicted molar refractivity (Wildman–Crippen MR) is 69.9 cm³/mol. The average molecular weight is 282 g/mol. The Bertz CT molecular complexity index is 692. The summed E-state index contributed by atoms with van der Waals surface area (Å²) in [7, 11) is -1.85. The highest BCUT2D eigenvalue weighted by atomic mass is 32.2. The van der Waals surface area contributed by atoms with E-state index >= 15 is 0 Å². The minimum Gasteiger partial charge on any atom is -0.271 e. The van der Waals surface area contributed by atoms with Crippen molar-refractivity contribution in [2.24, 2.45) is 7.05 Å². The van der Waals surface area contributed by atoms with E-state index in [1.165, 1.54) is 18.2 Å². The molecule has 6 heteroatoms. The maximum Gasteiger partial charge on any atom is 0.184 e. The number of hydrogen-bond donors (Lipinski definition) is 0. The van der Waals surface area contributed by atoms with Crippen LogP contribution in [0, 0.1) is 5.82 Å². The van der Waals surface area contributed by atoms with Gasteiger partial charge in [0.1, 0.15) is 5.82 Å². The molecule has 0 aliphatic heterocycles. The number of benzene rings is 1. The number of sulfone groups is 1. The molecular weight excluding hydrogens is 267 g/mol. The van der Waals surface area contributed by atoms with Crippen LogP contribution in [-0.2, 0) is 29.1 Å². The summed E-state index contributed by atoms with van der Waals surface area (Å²) in [5, 5.41) is 4.20. The summed E-state index contributed by atoms with van der Waals surface area (Å²) in [5.74, 6) is -0.736. The fourth-order valence-electron chi connectivity index (χ4n) is 1.82. The molecule has 0 saturated heterocycles. The Morgan fingerprint density at radius 3 is 2.63 bits per heavy atom. The van der Waals surface area contributed by atoms with Crippen molar-refractivity contribution in [3.63, 3.8) is 0 Å². The van der Waals surface area contributed by atoms with Gasteiger partial charge in [0.25, 0.3) is 0 Å². The van der Waals surface area contributed by atoms with Crippen LogP contribution >= 0.6 is 0 Å². The van der Waals surface area contributed by atoms with Gasteiger partial charge in [-0.15, -0.1) is 0 Å². The quantitative estimate of drug-likeness (QED) is 0.863. The number of halogens is 1. The summed E-state index contributed by atoms with van der Waals surface area (Å²) < 4.78 is 39.0. The van der Waals surface area contributed by atoms with E-state index < -0.39 is 15.7 Å². The van der Waals surface area contributed by atoms with Crippen molar-refractivity contribution in [1.29, 1.82) is 0 Å². The summed E-state index contributed by atoms with van der Waals surface area (Å²) in [5.41, 5.74) is 1.44. The molecule has 0 radical (unpaired) electrons. The molecule has 4 nitrogen and oxygen atoms in total. The van der Waals surface area contributed by atoms with Crippen LogP contribution in [0.3, 0.4) is 0 Å². The van der Waals surface area contributed by atoms with Crippen molar-refractivity contribution in [3.05, 3.63) is 47.5 Å². The molecule has 0 amide bonds.